The summed E-state index contributed by atoms with van der Waals surface area (Å²) in [5.41, 5.74) is 4.79. The number of carbonyl (C=O) groups is 2. The van der Waals surface area contributed by atoms with Crippen LogP contribution in [0, 0.1) is 0 Å². The average Bonchev–Trinajstić information content (AvgIpc) is 3.06. The van der Waals surface area contributed by atoms with Crippen molar-refractivity contribution in [2.24, 2.45) is 0 Å². The Hall–Kier alpha value is -3.09. The summed E-state index contributed by atoms with van der Waals surface area (Å²) in [6.07, 6.45) is 1.75. The molecule has 0 saturated carbocycles. The van der Waals surface area contributed by atoms with E-state index in [1.807, 2.05) is 49.0 Å². The number of rotatable bonds is 11. The molecule has 1 amide bonds. The lowest BCUT2D eigenvalue weighted by molar-refractivity contribution is -0.147. The summed E-state index contributed by atoms with van der Waals surface area (Å²) in [5.74, 6) is 0.691. The van der Waals surface area contributed by atoms with Crippen molar-refractivity contribution in [3.8, 4) is 0 Å². The van der Waals surface area contributed by atoms with E-state index in [9.17, 15) is 9.59 Å². The van der Waals surface area contributed by atoms with Crippen LogP contribution in [0.1, 0.15) is 61.4 Å². The van der Waals surface area contributed by atoms with Gasteiger partial charge in [-0.15, -0.1) is 11.8 Å². The van der Waals surface area contributed by atoms with Crippen LogP contribution in [-0.4, -0.2) is 36.0 Å². The Bertz CT molecular complexity index is 1140. The van der Waals surface area contributed by atoms with E-state index in [-0.39, 0.29) is 24.0 Å². The Morgan fingerprint density at radius 2 is 1.70 bits per heavy atom. The van der Waals surface area contributed by atoms with Crippen LogP contribution in [0.4, 0.5) is 0 Å². The molecule has 1 N–H and O–H groups in total. The highest BCUT2D eigenvalue weighted by atomic mass is 32.2. The van der Waals surface area contributed by atoms with Gasteiger partial charge in [0.1, 0.15) is 6.10 Å². The van der Waals surface area contributed by atoms with E-state index in [1.54, 1.807) is 0 Å². The summed E-state index contributed by atoms with van der Waals surface area (Å²) in [6.45, 7) is 5.63. The largest absolute Gasteiger partial charge is 0.461 e. The number of esters is 1. The van der Waals surface area contributed by atoms with Crippen LogP contribution < -0.4 is 5.32 Å². The molecule has 1 aliphatic heterocycles. The quantitative estimate of drug-likeness (QED) is 0.311. The number of nitrogens with one attached hydrogen (secondary N) is 1. The number of amides is 1. The topological polar surface area (TPSA) is 58.6 Å². The van der Waals surface area contributed by atoms with Crippen molar-refractivity contribution in [1.82, 2.24) is 10.2 Å². The summed E-state index contributed by atoms with van der Waals surface area (Å²) in [6, 6.07) is 26.9. The molecule has 0 aromatic heterocycles. The number of nitrogens with zero attached hydrogens (tertiary/aromatic N) is 1. The molecule has 3 aromatic rings. The van der Waals surface area contributed by atoms with Gasteiger partial charge in [-0.25, -0.2) is 0 Å². The first-order valence-electron chi connectivity index (χ1n) is 13.1. The lowest BCUT2D eigenvalue weighted by atomic mass is 9.95. The maximum absolute atomic E-state index is 13.2. The van der Waals surface area contributed by atoms with E-state index in [2.05, 4.69) is 58.7 Å². The third-order valence-electron chi connectivity index (χ3n) is 6.66. The normalized spacial score (nSPS) is 15.3. The van der Waals surface area contributed by atoms with Crippen LogP contribution in [-0.2, 0) is 26.6 Å². The van der Waals surface area contributed by atoms with E-state index in [0.29, 0.717) is 13.0 Å². The number of hydrogen-bond donors (Lipinski definition) is 1. The molecule has 0 fully saturated rings. The molecule has 0 radical (unpaired) electrons. The molecule has 5 nitrogen and oxygen atoms in total. The Kier molecular flexibility index (Phi) is 9.80. The zero-order chi connectivity index (χ0) is 26.0. The fourth-order valence-corrected chi connectivity index (χ4v) is 5.92. The molecule has 1 heterocycles. The number of hydrogen-bond acceptors (Lipinski definition) is 5. The molecule has 37 heavy (non-hydrogen) atoms. The van der Waals surface area contributed by atoms with Gasteiger partial charge in [0.25, 0.3) is 0 Å². The highest BCUT2D eigenvalue weighted by Crippen LogP contribution is 2.39. The van der Waals surface area contributed by atoms with Crippen LogP contribution in [0.2, 0.25) is 0 Å². The van der Waals surface area contributed by atoms with Gasteiger partial charge < -0.3 is 10.1 Å². The molecule has 0 spiro atoms. The Balaban J connectivity index is 1.41. The molecule has 4 rings (SSSR count). The van der Waals surface area contributed by atoms with Crippen molar-refractivity contribution in [3.63, 3.8) is 0 Å². The van der Waals surface area contributed by atoms with E-state index < -0.39 is 0 Å². The van der Waals surface area contributed by atoms with E-state index in [1.165, 1.54) is 28.5 Å². The van der Waals surface area contributed by atoms with Crippen LogP contribution in [0.25, 0.3) is 0 Å². The third kappa shape index (κ3) is 7.70. The van der Waals surface area contributed by atoms with Gasteiger partial charge in [0, 0.05) is 37.1 Å². The second-order valence-corrected chi connectivity index (χ2v) is 10.5. The molecule has 3 aromatic carbocycles. The molecule has 2 unspecified atom stereocenters. The Morgan fingerprint density at radius 1 is 1.00 bits per heavy atom. The highest BCUT2D eigenvalue weighted by molar-refractivity contribution is 7.98. The number of fused-ring (bicyclic) bond motifs is 2. The van der Waals surface area contributed by atoms with E-state index in [0.717, 1.165) is 37.2 Å². The van der Waals surface area contributed by atoms with Gasteiger partial charge in [-0.3, -0.25) is 14.5 Å². The van der Waals surface area contributed by atoms with Crippen LogP contribution in [0.5, 0.6) is 0 Å². The van der Waals surface area contributed by atoms with Crippen LogP contribution in [0.3, 0.4) is 0 Å². The predicted octanol–water partition coefficient (Wildman–Crippen LogP) is 6.12. The first-order chi connectivity index (χ1) is 18.0. The lowest BCUT2D eigenvalue weighted by Gasteiger charge is -2.27. The summed E-state index contributed by atoms with van der Waals surface area (Å²) < 4.78 is 5.51. The van der Waals surface area contributed by atoms with Gasteiger partial charge in [0.05, 0.1) is 6.04 Å². The summed E-state index contributed by atoms with van der Waals surface area (Å²) in [4.78, 5) is 28.3. The number of benzene rings is 3. The van der Waals surface area contributed by atoms with Gasteiger partial charge in [-0.1, -0.05) is 79.7 Å². The van der Waals surface area contributed by atoms with E-state index >= 15 is 0 Å². The summed E-state index contributed by atoms with van der Waals surface area (Å²) in [5, 5.41) is 3.33. The molecule has 6 heteroatoms. The molecule has 1 aliphatic rings. The van der Waals surface area contributed by atoms with Crippen molar-refractivity contribution >= 4 is 23.6 Å². The minimum atomic E-state index is -0.256. The van der Waals surface area contributed by atoms with Gasteiger partial charge in [-0.2, -0.15) is 0 Å². The van der Waals surface area contributed by atoms with Gasteiger partial charge in [0.15, 0.2) is 0 Å². The zero-order valence-corrected chi connectivity index (χ0v) is 22.5. The van der Waals surface area contributed by atoms with Gasteiger partial charge in [-0.05, 0) is 47.7 Å². The van der Waals surface area contributed by atoms with Crippen molar-refractivity contribution < 1.29 is 14.3 Å². The third-order valence-corrected chi connectivity index (χ3v) is 7.80. The standard InChI is InChI=1S/C31H36N2O3S/c1-3-26(36-23(2)34)21-33(20-24-12-5-4-6-13-24)19-11-18-30(35)32-31-27-15-8-7-14-25(27)22-37-29-17-10-9-16-28(29)31/h4-10,12-17,26,31H,3,11,18-22H2,1-2H3,(H,32,35). The molecule has 0 bridgehead atoms. The van der Waals surface area contributed by atoms with Crippen LogP contribution >= 0.6 is 11.8 Å². The highest BCUT2D eigenvalue weighted by Gasteiger charge is 2.25. The van der Waals surface area contributed by atoms with Gasteiger partial charge in [0.2, 0.25) is 5.91 Å². The second kappa shape index (κ2) is 13.5. The van der Waals surface area contributed by atoms with Crippen molar-refractivity contribution in [2.75, 3.05) is 13.1 Å². The maximum atomic E-state index is 13.2. The minimum absolute atomic E-state index is 0.0493. The van der Waals surface area contributed by atoms with Crippen molar-refractivity contribution in [2.45, 2.75) is 62.4 Å². The molecular weight excluding hydrogens is 480 g/mol. The first kappa shape index (κ1) is 27.0. The van der Waals surface area contributed by atoms with Crippen molar-refractivity contribution in [1.29, 1.82) is 0 Å². The molecule has 2 atom stereocenters. The fourth-order valence-electron chi connectivity index (χ4n) is 4.82. The molecular formula is C31H36N2O3S. The first-order valence-corrected chi connectivity index (χ1v) is 14.0. The Morgan fingerprint density at radius 3 is 2.46 bits per heavy atom. The van der Waals surface area contributed by atoms with E-state index in [4.69, 9.17) is 4.74 Å². The van der Waals surface area contributed by atoms with Crippen LogP contribution in [0.15, 0.2) is 83.8 Å². The summed E-state index contributed by atoms with van der Waals surface area (Å²) >= 11 is 1.82. The second-order valence-electron chi connectivity index (χ2n) is 9.49. The SMILES string of the molecule is CCC(CN(CCCC(=O)NC1c2ccccc2CSc2ccccc21)Cc1ccccc1)OC(C)=O. The zero-order valence-electron chi connectivity index (χ0n) is 21.7. The molecule has 194 valence electrons. The van der Waals surface area contributed by atoms with Gasteiger partial charge >= 0.3 is 5.97 Å². The lowest BCUT2D eigenvalue weighted by Crippen LogP contribution is -2.36. The summed E-state index contributed by atoms with van der Waals surface area (Å²) in [7, 11) is 0. The predicted molar refractivity (Wildman–Crippen MR) is 149 cm³/mol. The minimum Gasteiger partial charge on any atom is -0.461 e. The van der Waals surface area contributed by atoms with Crippen molar-refractivity contribution in [3.05, 3.63) is 101 Å². The monoisotopic (exact) mass is 516 g/mol. The Labute approximate surface area is 224 Å². The maximum Gasteiger partial charge on any atom is 0.302 e. The number of carbonyl (C=O) groups excluding carboxylic acids is 2. The number of ether oxygens (including phenoxy) is 1. The molecule has 0 aliphatic carbocycles. The smallest absolute Gasteiger partial charge is 0.302 e. The molecule has 0 saturated heterocycles. The number of thioether (sulfide) groups is 1. The fraction of sp³-hybridized carbons (Fsp3) is 0.355. The average molecular weight is 517 g/mol.